The number of anilines is 1. The fourth-order valence-electron chi connectivity index (χ4n) is 4.41. The minimum absolute atomic E-state index is 0.269. The lowest BCUT2D eigenvalue weighted by Gasteiger charge is -2.39. The molecular weight excluding hydrogens is 336 g/mol. The van der Waals surface area contributed by atoms with E-state index in [1.165, 1.54) is 11.1 Å². The summed E-state index contributed by atoms with van der Waals surface area (Å²) >= 11 is 0. The Balaban J connectivity index is 1.46. The first kappa shape index (κ1) is 18.0. The van der Waals surface area contributed by atoms with E-state index in [0.29, 0.717) is 18.4 Å². The molecule has 1 aromatic heterocycles. The van der Waals surface area contributed by atoms with Crippen LogP contribution in [0.3, 0.4) is 0 Å². The third-order valence-corrected chi connectivity index (χ3v) is 6.03. The first-order valence-electron chi connectivity index (χ1n) is 9.98. The van der Waals surface area contributed by atoms with E-state index in [1.54, 1.807) is 12.4 Å². The maximum atomic E-state index is 13.4. The Bertz CT molecular complexity index is 790. The Kier molecular flexibility index (Phi) is 4.85. The topological polar surface area (TPSA) is 49.3 Å². The Hall–Kier alpha value is -2.43. The highest BCUT2D eigenvalue weighted by Gasteiger charge is 2.48. The van der Waals surface area contributed by atoms with Crippen LogP contribution in [0, 0.1) is 5.41 Å². The van der Waals surface area contributed by atoms with E-state index < -0.39 is 0 Å². The second-order valence-electron chi connectivity index (χ2n) is 8.23. The second-order valence-corrected chi connectivity index (χ2v) is 8.23. The first-order valence-corrected chi connectivity index (χ1v) is 9.98. The number of likely N-dealkylation sites (tertiary alicyclic amines) is 1. The molecule has 3 heterocycles. The van der Waals surface area contributed by atoms with Crippen molar-refractivity contribution < 1.29 is 4.79 Å². The van der Waals surface area contributed by atoms with Crippen LogP contribution in [-0.2, 0) is 11.3 Å². The van der Waals surface area contributed by atoms with E-state index in [-0.39, 0.29) is 5.41 Å². The van der Waals surface area contributed by atoms with E-state index >= 15 is 0 Å². The number of hydrogen-bond acceptors (Lipinski definition) is 4. The highest BCUT2D eigenvalue weighted by Crippen LogP contribution is 2.41. The first-order chi connectivity index (χ1) is 13.1. The van der Waals surface area contributed by atoms with Gasteiger partial charge >= 0.3 is 0 Å². The van der Waals surface area contributed by atoms with Gasteiger partial charge in [0.25, 0.3) is 0 Å². The van der Waals surface area contributed by atoms with Gasteiger partial charge in [-0.15, -0.1) is 0 Å². The molecular formula is C22H28N4O. The van der Waals surface area contributed by atoms with Crippen LogP contribution in [0.4, 0.5) is 5.95 Å². The Morgan fingerprint density at radius 2 is 1.81 bits per heavy atom. The van der Waals surface area contributed by atoms with Gasteiger partial charge in [-0.3, -0.25) is 4.79 Å². The number of carbonyl (C=O) groups is 1. The van der Waals surface area contributed by atoms with Gasteiger partial charge in [0.1, 0.15) is 0 Å². The predicted octanol–water partition coefficient (Wildman–Crippen LogP) is 3.62. The summed E-state index contributed by atoms with van der Waals surface area (Å²) in [6.07, 6.45) is 6.47. The monoisotopic (exact) mass is 364 g/mol. The Morgan fingerprint density at radius 1 is 1.07 bits per heavy atom. The maximum absolute atomic E-state index is 13.4. The molecule has 5 heteroatoms. The number of carbonyl (C=O) groups excluding carboxylic acids is 1. The van der Waals surface area contributed by atoms with Crippen LogP contribution in [0.2, 0.25) is 0 Å². The third kappa shape index (κ3) is 3.55. The van der Waals surface area contributed by atoms with Gasteiger partial charge in [-0.25, -0.2) is 9.97 Å². The molecule has 2 aromatic rings. The molecule has 27 heavy (non-hydrogen) atoms. The summed E-state index contributed by atoms with van der Waals surface area (Å²) in [6, 6.07) is 10.5. The quantitative estimate of drug-likeness (QED) is 0.831. The molecule has 0 N–H and O–H groups in total. The average Bonchev–Trinajstić information content (AvgIpc) is 3.12. The van der Waals surface area contributed by atoms with E-state index in [4.69, 9.17) is 0 Å². The van der Waals surface area contributed by atoms with Crippen molar-refractivity contribution in [1.82, 2.24) is 14.9 Å². The number of rotatable bonds is 4. The van der Waals surface area contributed by atoms with Gasteiger partial charge < -0.3 is 9.80 Å². The van der Waals surface area contributed by atoms with Gasteiger partial charge in [-0.05, 0) is 42.4 Å². The van der Waals surface area contributed by atoms with E-state index in [9.17, 15) is 4.79 Å². The number of nitrogens with zero attached hydrogens (tertiary/aromatic N) is 4. The summed E-state index contributed by atoms with van der Waals surface area (Å²) in [6.45, 7) is 7.56. The smallest absolute Gasteiger partial charge is 0.230 e. The third-order valence-electron chi connectivity index (χ3n) is 6.03. The van der Waals surface area contributed by atoms with Gasteiger partial charge in [-0.2, -0.15) is 0 Å². The molecule has 2 aliphatic rings. The number of aromatic nitrogens is 2. The zero-order valence-corrected chi connectivity index (χ0v) is 16.3. The zero-order valence-electron chi connectivity index (χ0n) is 16.3. The van der Waals surface area contributed by atoms with Gasteiger partial charge in [0.15, 0.2) is 0 Å². The molecule has 0 bridgehead atoms. The van der Waals surface area contributed by atoms with Crippen molar-refractivity contribution in [3.8, 4) is 0 Å². The molecule has 1 amide bonds. The highest BCUT2D eigenvalue weighted by molar-refractivity contribution is 5.85. The lowest BCUT2D eigenvalue weighted by atomic mass is 9.78. The van der Waals surface area contributed by atoms with Crippen LogP contribution in [-0.4, -0.2) is 40.4 Å². The summed E-state index contributed by atoms with van der Waals surface area (Å²) in [5.74, 6) is 1.58. The second kappa shape index (κ2) is 7.29. The van der Waals surface area contributed by atoms with Crippen LogP contribution in [0.5, 0.6) is 0 Å². The van der Waals surface area contributed by atoms with Crippen molar-refractivity contribution in [1.29, 1.82) is 0 Å². The Morgan fingerprint density at radius 3 is 2.52 bits per heavy atom. The number of benzene rings is 1. The molecule has 2 fully saturated rings. The Labute approximate surface area is 161 Å². The van der Waals surface area contributed by atoms with E-state index in [0.717, 1.165) is 44.8 Å². The van der Waals surface area contributed by atoms with Gasteiger partial charge in [-0.1, -0.05) is 38.1 Å². The van der Waals surface area contributed by atoms with Crippen LogP contribution in [0.1, 0.15) is 50.2 Å². The van der Waals surface area contributed by atoms with Gasteiger partial charge in [0, 0.05) is 38.6 Å². The molecule has 142 valence electrons. The van der Waals surface area contributed by atoms with Crippen LogP contribution < -0.4 is 4.90 Å². The zero-order chi connectivity index (χ0) is 18.9. The average molecular weight is 364 g/mol. The molecule has 1 spiro atoms. The summed E-state index contributed by atoms with van der Waals surface area (Å²) < 4.78 is 0. The van der Waals surface area contributed by atoms with E-state index in [2.05, 4.69) is 57.9 Å². The van der Waals surface area contributed by atoms with Crippen molar-refractivity contribution in [3.05, 3.63) is 53.9 Å². The number of hydrogen-bond donors (Lipinski definition) is 0. The number of amides is 1. The van der Waals surface area contributed by atoms with Crippen molar-refractivity contribution in [2.75, 3.05) is 24.5 Å². The largest absolute Gasteiger partial charge is 0.340 e. The molecule has 0 unspecified atom stereocenters. The van der Waals surface area contributed by atoms with Gasteiger partial charge in [0.2, 0.25) is 11.9 Å². The van der Waals surface area contributed by atoms with Crippen LogP contribution in [0.25, 0.3) is 0 Å². The molecule has 1 aromatic carbocycles. The maximum Gasteiger partial charge on any atom is 0.230 e. The SMILES string of the molecule is CC(C)c1ccc(CN2CCC[C@@]3(CCN(c4ncccn4)C3)C2=O)cc1. The summed E-state index contributed by atoms with van der Waals surface area (Å²) in [5, 5.41) is 0. The summed E-state index contributed by atoms with van der Waals surface area (Å²) in [4.78, 5) is 26.3. The van der Waals surface area contributed by atoms with Crippen LogP contribution in [0.15, 0.2) is 42.7 Å². The standard InChI is InChI=1S/C22H28N4O/c1-17(2)19-7-5-18(6-8-19)15-25-13-3-9-22(20(25)27)10-14-26(16-22)21-23-11-4-12-24-21/h4-8,11-12,17H,3,9-10,13-16H2,1-2H3/t22-/m0/s1. The van der Waals surface area contributed by atoms with Crippen molar-refractivity contribution in [2.45, 2.75) is 45.6 Å². The summed E-state index contributed by atoms with van der Waals surface area (Å²) in [7, 11) is 0. The fraction of sp³-hybridized carbons (Fsp3) is 0.500. The van der Waals surface area contributed by atoms with Gasteiger partial charge in [0.05, 0.1) is 5.41 Å². The lowest BCUT2D eigenvalue weighted by Crippen LogP contribution is -2.49. The van der Waals surface area contributed by atoms with Crippen molar-refractivity contribution in [2.24, 2.45) is 5.41 Å². The van der Waals surface area contributed by atoms with Crippen molar-refractivity contribution in [3.63, 3.8) is 0 Å². The summed E-state index contributed by atoms with van der Waals surface area (Å²) in [5.41, 5.74) is 2.29. The molecule has 5 nitrogen and oxygen atoms in total. The van der Waals surface area contributed by atoms with Crippen molar-refractivity contribution >= 4 is 11.9 Å². The van der Waals surface area contributed by atoms with E-state index in [1.807, 2.05) is 6.07 Å². The lowest BCUT2D eigenvalue weighted by molar-refractivity contribution is -0.145. The minimum atomic E-state index is -0.269. The molecule has 0 saturated carbocycles. The molecule has 4 rings (SSSR count). The molecule has 2 aliphatic heterocycles. The number of piperidine rings is 1. The predicted molar refractivity (Wildman–Crippen MR) is 106 cm³/mol. The molecule has 2 saturated heterocycles. The normalized spacial score (nSPS) is 22.9. The molecule has 0 radical (unpaired) electrons. The molecule has 1 atom stereocenters. The highest BCUT2D eigenvalue weighted by atomic mass is 16.2. The fourth-order valence-corrected chi connectivity index (χ4v) is 4.41. The van der Waals surface area contributed by atoms with Crippen LogP contribution >= 0.6 is 0 Å². The minimum Gasteiger partial charge on any atom is -0.340 e. The molecule has 0 aliphatic carbocycles.